The number of nitrogens with one attached hydrogen (secondary N) is 2. The number of nitrogens with zero attached hydrogens (tertiary/aromatic N) is 2. The van der Waals surface area contributed by atoms with Crippen LogP contribution in [0.5, 0.6) is 0 Å². The average molecular weight is 358 g/mol. The van der Waals surface area contributed by atoms with Gasteiger partial charge in [0.25, 0.3) is 5.91 Å². The lowest BCUT2D eigenvalue weighted by Gasteiger charge is -2.13. The second kappa shape index (κ2) is 7.99. The summed E-state index contributed by atoms with van der Waals surface area (Å²) >= 11 is 0. The standard InChI is InChI=1S/C22H22N4O/c27-22(24-18-10-4-5-11-18)17-9-6-12-19(15-17)23-21-14-13-20(25-26-21)16-7-2-1-3-8-16/h1-3,6-9,12-15,18H,4-5,10-11H2,(H,23,26)(H,24,27). The van der Waals surface area contributed by atoms with Crippen LogP contribution in [0, 0.1) is 0 Å². The molecule has 1 aliphatic carbocycles. The van der Waals surface area contributed by atoms with Gasteiger partial charge in [-0.05, 0) is 43.2 Å². The number of aromatic nitrogens is 2. The van der Waals surface area contributed by atoms with Gasteiger partial charge in [-0.1, -0.05) is 49.2 Å². The monoisotopic (exact) mass is 358 g/mol. The van der Waals surface area contributed by atoms with Gasteiger partial charge in [0.15, 0.2) is 5.82 Å². The maximum atomic E-state index is 12.4. The Bertz CT molecular complexity index is 903. The molecule has 0 aliphatic heterocycles. The van der Waals surface area contributed by atoms with Gasteiger partial charge >= 0.3 is 0 Å². The summed E-state index contributed by atoms with van der Waals surface area (Å²) in [5, 5.41) is 14.9. The first kappa shape index (κ1) is 17.2. The molecular weight excluding hydrogens is 336 g/mol. The maximum absolute atomic E-state index is 12.4. The molecule has 1 saturated carbocycles. The molecule has 1 aromatic heterocycles. The number of amides is 1. The van der Waals surface area contributed by atoms with E-state index >= 15 is 0 Å². The number of rotatable bonds is 5. The molecule has 1 fully saturated rings. The van der Waals surface area contributed by atoms with Gasteiger partial charge in [-0.2, -0.15) is 0 Å². The quantitative estimate of drug-likeness (QED) is 0.702. The van der Waals surface area contributed by atoms with Crippen LogP contribution >= 0.6 is 0 Å². The largest absolute Gasteiger partial charge is 0.349 e. The van der Waals surface area contributed by atoms with Crippen LogP contribution in [0.15, 0.2) is 66.7 Å². The van der Waals surface area contributed by atoms with Gasteiger partial charge < -0.3 is 10.6 Å². The van der Waals surface area contributed by atoms with Crippen LogP contribution < -0.4 is 10.6 Å². The lowest BCUT2D eigenvalue weighted by atomic mass is 10.1. The van der Waals surface area contributed by atoms with Crippen molar-refractivity contribution in [3.8, 4) is 11.3 Å². The lowest BCUT2D eigenvalue weighted by Crippen LogP contribution is -2.32. The Kier molecular flexibility index (Phi) is 5.10. The SMILES string of the molecule is O=C(NC1CCCC1)c1cccc(Nc2ccc(-c3ccccc3)nn2)c1. The summed E-state index contributed by atoms with van der Waals surface area (Å²) in [5.41, 5.74) is 3.32. The molecule has 5 heteroatoms. The molecular formula is C22H22N4O. The third-order valence-electron chi connectivity index (χ3n) is 4.82. The highest BCUT2D eigenvalue weighted by atomic mass is 16.1. The van der Waals surface area contributed by atoms with E-state index in [4.69, 9.17) is 0 Å². The molecule has 3 aromatic rings. The fourth-order valence-electron chi connectivity index (χ4n) is 3.39. The fraction of sp³-hybridized carbons (Fsp3) is 0.227. The highest BCUT2D eigenvalue weighted by Gasteiger charge is 2.18. The third-order valence-corrected chi connectivity index (χ3v) is 4.82. The Hall–Kier alpha value is -3.21. The van der Waals surface area contributed by atoms with Crippen molar-refractivity contribution in [1.82, 2.24) is 15.5 Å². The van der Waals surface area contributed by atoms with Gasteiger partial charge in [0.2, 0.25) is 0 Å². The Morgan fingerprint density at radius 3 is 2.44 bits per heavy atom. The number of anilines is 2. The van der Waals surface area contributed by atoms with Gasteiger partial charge in [-0.15, -0.1) is 10.2 Å². The minimum atomic E-state index is -0.0175. The summed E-state index contributed by atoms with van der Waals surface area (Å²) in [7, 11) is 0. The molecule has 1 aliphatic rings. The van der Waals surface area contributed by atoms with Gasteiger partial charge in [-0.3, -0.25) is 4.79 Å². The molecule has 1 heterocycles. The number of hydrogen-bond donors (Lipinski definition) is 2. The molecule has 0 unspecified atom stereocenters. The number of carbonyl (C=O) groups is 1. The van der Waals surface area contributed by atoms with E-state index in [1.165, 1.54) is 12.8 Å². The molecule has 1 amide bonds. The molecule has 0 spiro atoms. The average Bonchev–Trinajstić information content (AvgIpc) is 3.22. The van der Waals surface area contributed by atoms with Crippen molar-refractivity contribution in [2.24, 2.45) is 0 Å². The molecule has 0 atom stereocenters. The highest BCUT2D eigenvalue weighted by Crippen LogP contribution is 2.21. The van der Waals surface area contributed by atoms with E-state index < -0.39 is 0 Å². The smallest absolute Gasteiger partial charge is 0.251 e. The van der Waals surface area contributed by atoms with Crippen molar-refractivity contribution >= 4 is 17.4 Å². The van der Waals surface area contributed by atoms with Crippen LogP contribution in [0.2, 0.25) is 0 Å². The molecule has 2 N–H and O–H groups in total. The van der Waals surface area contributed by atoms with Crippen LogP contribution in [0.3, 0.4) is 0 Å². The second-order valence-electron chi connectivity index (χ2n) is 6.83. The molecule has 27 heavy (non-hydrogen) atoms. The molecule has 0 saturated heterocycles. The first-order chi connectivity index (χ1) is 13.3. The van der Waals surface area contributed by atoms with Gasteiger partial charge in [-0.25, -0.2) is 0 Å². The van der Waals surface area contributed by atoms with Crippen molar-refractivity contribution in [1.29, 1.82) is 0 Å². The van der Waals surface area contributed by atoms with Crippen LogP contribution in [0.25, 0.3) is 11.3 Å². The van der Waals surface area contributed by atoms with E-state index in [0.29, 0.717) is 17.4 Å². The third kappa shape index (κ3) is 4.31. The summed E-state index contributed by atoms with van der Waals surface area (Å²) in [5.74, 6) is 0.624. The Labute approximate surface area is 158 Å². The summed E-state index contributed by atoms with van der Waals surface area (Å²) in [6, 6.07) is 21.5. The molecule has 136 valence electrons. The number of benzene rings is 2. The van der Waals surface area contributed by atoms with Gasteiger partial charge in [0.1, 0.15) is 0 Å². The minimum Gasteiger partial charge on any atom is -0.349 e. The second-order valence-corrected chi connectivity index (χ2v) is 6.83. The van der Waals surface area contributed by atoms with Crippen molar-refractivity contribution in [3.05, 3.63) is 72.3 Å². The molecule has 2 aromatic carbocycles. The van der Waals surface area contributed by atoms with Crippen LogP contribution in [0.1, 0.15) is 36.0 Å². The van der Waals surface area contributed by atoms with Crippen molar-refractivity contribution in [3.63, 3.8) is 0 Å². The zero-order chi connectivity index (χ0) is 18.5. The first-order valence-corrected chi connectivity index (χ1v) is 9.35. The van der Waals surface area contributed by atoms with E-state index in [9.17, 15) is 4.79 Å². The topological polar surface area (TPSA) is 66.9 Å². The predicted octanol–water partition coefficient (Wildman–Crippen LogP) is 4.56. The molecule has 0 bridgehead atoms. The Morgan fingerprint density at radius 2 is 1.70 bits per heavy atom. The summed E-state index contributed by atoms with van der Waals surface area (Å²) in [4.78, 5) is 12.4. The zero-order valence-electron chi connectivity index (χ0n) is 15.1. The summed E-state index contributed by atoms with van der Waals surface area (Å²) in [6.07, 6.45) is 4.55. The van der Waals surface area contributed by atoms with Crippen LogP contribution in [-0.4, -0.2) is 22.1 Å². The highest BCUT2D eigenvalue weighted by molar-refractivity contribution is 5.95. The fourth-order valence-corrected chi connectivity index (χ4v) is 3.39. The molecule has 5 nitrogen and oxygen atoms in total. The molecule has 4 rings (SSSR count). The van der Waals surface area contributed by atoms with Gasteiger partial charge in [0.05, 0.1) is 5.69 Å². The van der Waals surface area contributed by atoms with Gasteiger partial charge in [0, 0.05) is 22.9 Å². The van der Waals surface area contributed by atoms with Crippen molar-refractivity contribution < 1.29 is 4.79 Å². The predicted molar refractivity (Wildman–Crippen MR) is 107 cm³/mol. The Morgan fingerprint density at radius 1 is 0.889 bits per heavy atom. The van der Waals surface area contributed by atoms with Crippen molar-refractivity contribution in [2.45, 2.75) is 31.7 Å². The summed E-state index contributed by atoms with van der Waals surface area (Å²) < 4.78 is 0. The molecule has 0 radical (unpaired) electrons. The van der Waals surface area contributed by atoms with E-state index in [1.807, 2.05) is 66.7 Å². The van der Waals surface area contributed by atoms with E-state index in [2.05, 4.69) is 20.8 Å². The Balaban J connectivity index is 1.44. The number of hydrogen-bond acceptors (Lipinski definition) is 4. The van der Waals surface area contributed by atoms with E-state index in [0.717, 1.165) is 29.8 Å². The normalized spacial score (nSPS) is 14.1. The van der Waals surface area contributed by atoms with Crippen LogP contribution in [-0.2, 0) is 0 Å². The zero-order valence-corrected chi connectivity index (χ0v) is 15.1. The van der Waals surface area contributed by atoms with Crippen molar-refractivity contribution in [2.75, 3.05) is 5.32 Å². The lowest BCUT2D eigenvalue weighted by molar-refractivity contribution is 0.0938. The first-order valence-electron chi connectivity index (χ1n) is 9.35. The number of carbonyl (C=O) groups excluding carboxylic acids is 1. The maximum Gasteiger partial charge on any atom is 0.251 e. The van der Waals surface area contributed by atoms with Crippen LogP contribution in [0.4, 0.5) is 11.5 Å². The summed E-state index contributed by atoms with van der Waals surface area (Å²) in [6.45, 7) is 0. The van der Waals surface area contributed by atoms with E-state index in [1.54, 1.807) is 0 Å². The minimum absolute atomic E-state index is 0.0175. The van der Waals surface area contributed by atoms with E-state index in [-0.39, 0.29) is 5.91 Å².